The van der Waals surface area contributed by atoms with Crippen LogP contribution in [-0.2, 0) is 10.2 Å². The smallest absolute Gasteiger partial charge is 0.233 e. The fourth-order valence-electron chi connectivity index (χ4n) is 3.49. The summed E-state index contributed by atoms with van der Waals surface area (Å²) in [7, 11) is 0. The number of rotatable bonds is 3. The van der Waals surface area contributed by atoms with Crippen molar-refractivity contribution in [3.63, 3.8) is 0 Å². The Morgan fingerprint density at radius 2 is 1.80 bits per heavy atom. The molecule has 3 fully saturated rings. The molecule has 0 bridgehead atoms. The SMILES string of the molecule is Nc1ccc(C2(C(=O)N3CC(O)(C4CC4)C3)CC2)cc1. The van der Waals surface area contributed by atoms with Gasteiger partial charge in [0.1, 0.15) is 5.60 Å². The standard InChI is InChI=1S/C16H20N2O2/c17-13-5-3-11(4-6-13)15(7-8-15)14(19)18-9-16(20,10-18)12-1-2-12/h3-6,12,20H,1-2,7-10,17H2. The van der Waals surface area contributed by atoms with Crippen LogP contribution in [0, 0.1) is 5.92 Å². The third-order valence-electron chi connectivity index (χ3n) is 5.18. The van der Waals surface area contributed by atoms with Gasteiger partial charge >= 0.3 is 0 Å². The number of likely N-dealkylation sites (tertiary alicyclic amines) is 1. The minimum absolute atomic E-state index is 0.188. The van der Waals surface area contributed by atoms with Crippen LogP contribution < -0.4 is 5.73 Å². The predicted molar refractivity (Wildman–Crippen MR) is 76.0 cm³/mol. The number of carbonyl (C=O) groups is 1. The molecule has 106 valence electrons. The molecule has 0 unspecified atom stereocenters. The number of nitrogen functional groups attached to an aromatic ring is 1. The lowest BCUT2D eigenvalue weighted by Crippen LogP contribution is -2.66. The van der Waals surface area contributed by atoms with Crippen LogP contribution in [0.1, 0.15) is 31.2 Å². The molecule has 0 atom stereocenters. The zero-order valence-electron chi connectivity index (χ0n) is 11.5. The number of carbonyl (C=O) groups excluding carboxylic acids is 1. The van der Waals surface area contributed by atoms with E-state index in [1.165, 1.54) is 0 Å². The van der Waals surface area contributed by atoms with Crippen molar-refractivity contribution in [2.24, 2.45) is 5.92 Å². The molecule has 2 aliphatic carbocycles. The first kappa shape index (κ1) is 12.2. The van der Waals surface area contributed by atoms with E-state index in [1.54, 1.807) is 0 Å². The van der Waals surface area contributed by atoms with E-state index in [-0.39, 0.29) is 11.3 Å². The number of nitrogens with two attached hydrogens (primary N) is 1. The Morgan fingerprint density at radius 3 is 2.30 bits per heavy atom. The van der Waals surface area contributed by atoms with E-state index < -0.39 is 5.60 Å². The minimum Gasteiger partial charge on any atom is -0.399 e. The first-order valence-electron chi connectivity index (χ1n) is 7.41. The maximum Gasteiger partial charge on any atom is 0.233 e. The summed E-state index contributed by atoms with van der Waals surface area (Å²) in [6.45, 7) is 1.04. The molecule has 4 rings (SSSR count). The number of benzene rings is 1. The van der Waals surface area contributed by atoms with Crippen LogP contribution in [0.5, 0.6) is 0 Å². The molecule has 1 aromatic carbocycles. The highest BCUT2D eigenvalue weighted by atomic mass is 16.3. The summed E-state index contributed by atoms with van der Waals surface area (Å²) in [6.07, 6.45) is 4.05. The van der Waals surface area contributed by atoms with Gasteiger partial charge in [0, 0.05) is 5.69 Å². The summed E-state index contributed by atoms with van der Waals surface area (Å²) in [6, 6.07) is 7.65. The molecule has 1 amide bonds. The molecule has 20 heavy (non-hydrogen) atoms. The highest BCUT2D eigenvalue weighted by Crippen LogP contribution is 2.52. The molecule has 2 saturated carbocycles. The molecule has 1 aliphatic heterocycles. The van der Waals surface area contributed by atoms with Crippen molar-refractivity contribution < 1.29 is 9.90 Å². The van der Waals surface area contributed by atoms with E-state index in [0.29, 0.717) is 19.0 Å². The minimum atomic E-state index is -0.590. The molecule has 3 N–H and O–H groups in total. The Morgan fingerprint density at radius 1 is 1.20 bits per heavy atom. The molecule has 3 aliphatic rings. The molecule has 0 aromatic heterocycles. The summed E-state index contributed by atoms with van der Waals surface area (Å²) in [4.78, 5) is 14.5. The maximum atomic E-state index is 12.7. The summed E-state index contributed by atoms with van der Waals surface area (Å²) in [5, 5.41) is 10.4. The Balaban J connectivity index is 1.50. The molecule has 4 nitrogen and oxygen atoms in total. The van der Waals surface area contributed by atoms with Crippen LogP contribution in [0.3, 0.4) is 0 Å². The van der Waals surface area contributed by atoms with Gasteiger partial charge in [0.2, 0.25) is 5.91 Å². The van der Waals surface area contributed by atoms with Gasteiger partial charge in [0.25, 0.3) is 0 Å². The molecule has 1 saturated heterocycles. The van der Waals surface area contributed by atoms with Crippen molar-refractivity contribution in [2.45, 2.75) is 36.7 Å². The predicted octanol–water partition coefficient (Wildman–Crippen LogP) is 1.28. The number of hydrogen-bond donors (Lipinski definition) is 2. The van der Waals surface area contributed by atoms with E-state index in [0.717, 1.165) is 36.9 Å². The number of aliphatic hydroxyl groups is 1. The van der Waals surface area contributed by atoms with E-state index in [2.05, 4.69) is 0 Å². The highest BCUT2D eigenvalue weighted by Gasteiger charge is 2.59. The summed E-state index contributed by atoms with van der Waals surface area (Å²) >= 11 is 0. The first-order valence-corrected chi connectivity index (χ1v) is 7.41. The maximum absolute atomic E-state index is 12.7. The van der Waals surface area contributed by atoms with Crippen molar-refractivity contribution >= 4 is 11.6 Å². The van der Waals surface area contributed by atoms with Gasteiger partial charge in [-0.3, -0.25) is 4.79 Å². The lowest BCUT2D eigenvalue weighted by molar-refractivity contribution is -0.161. The summed E-state index contributed by atoms with van der Waals surface area (Å²) in [5.41, 5.74) is 6.58. The van der Waals surface area contributed by atoms with E-state index in [1.807, 2.05) is 29.2 Å². The zero-order chi connectivity index (χ0) is 14.0. The Bertz CT molecular complexity index is 552. The van der Waals surface area contributed by atoms with Crippen molar-refractivity contribution in [3.8, 4) is 0 Å². The van der Waals surface area contributed by atoms with E-state index in [4.69, 9.17) is 5.73 Å². The molecule has 1 heterocycles. The van der Waals surface area contributed by atoms with Crippen LogP contribution >= 0.6 is 0 Å². The molecular formula is C16H20N2O2. The number of amides is 1. The molecule has 1 aromatic rings. The zero-order valence-corrected chi connectivity index (χ0v) is 11.5. The lowest BCUT2D eigenvalue weighted by atomic mass is 9.85. The molecule has 4 heteroatoms. The van der Waals surface area contributed by atoms with Gasteiger partial charge in [-0.25, -0.2) is 0 Å². The third kappa shape index (κ3) is 1.67. The van der Waals surface area contributed by atoms with Crippen molar-refractivity contribution in [1.29, 1.82) is 0 Å². The van der Waals surface area contributed by atoms with Gasteiger partial charge in [-0.15, -0.1) is 0 Å². The summed E-state index contributed by atoms with van der Waals surface area (Å²) < 4.78 is 0. The average Bonchev–Trinajstić information content (AvgIpc) is 3.27. The van der Waals surface area contributed by atoms with Crippen molar-refractivity contribution in [1.82, 2.24) is 4.90 Å². The second-order valence-corrected chi connectivity index (χ2v) is 6.74. The second kappa shape index (κ2) is 3.76. The Hall–Kier alpha value is -1.55. The van der Waals surface area contributed by atoms with Crippen molar-refractivity contribution in [2.75, 3.05) is 18.8 Å². The van der Waals surface area contributed by atoms with Gasteiger partial charge in [-0.1, -0.05) is 12.1 Å². The normalized spacial score (nSPS) is 25.9. The lowest BCUT2D eigenvalue weighted by Gasteiger charge is -2.48. The van der Waals surface area contributed by atoms with Gasteiger partial charge < -0.3 is 15.7 Å². The average molecular weight is 272 g/mol. The third-order valence-corrected chi connectivity index (χ3v) is 5.18. The highest BCUT2D eigenvalue weighted by molar-refractivity contribution is 5.92. The summed E-state index contributed by atoms with van der Waals surface area (Å²) in [5.74, 6) is 0.617. The molecule has 0 spiro atoms. The number of anilines is 1. The van der Waals surface area contributed by atoms with Crippen molar-refractivity contribution in [3.05, 3.63) is 29.8 Å². The van der Waals surface area contributed by atoms with Crippen LogP contribution in [0.15, 0.2) is 24.3 Å². The fraction of sp³-hybridized carbons (Fsp3) is 0.562. The largest absolute Gasteiger partial charge is 0.399 e. The number of β-amino-alcohol motifs (C(OH)–C–C–N with tert-alkyl or cyclic N) is 1. The van der Waals surface area contributed by atoms with E-state index >= 15 is 0 Å². The molecule has 0 radical (unpaired) electrons. The van der Waals surface area contributed by atoms with E-state index in [9.17, 15) is 9.90 Å². The van der Waals surface area contributed by atoms with Crippen LogP contribution in [-0.4, -0.2) is 34.6 Å². The van der Waals surface area contributed by atoms with Gasteiger partial charge in [-0.05, 0) is 49.3 Å². The fourth-order valence-corrected chi connectivity index (χ4v) is 3.49. The second-order valence-electron chi connectivity index (χ2n) is 6.74. The quantitative estimate of drug-likeness (QED) is 0.815. The topological polar surface area (TPSA) is 66.6 Å². The van der Waals surface area contributed by atoms with Crippen LogP contribution in [0.25, 0.3) is 0 Å². The van der Waals surface area contributed by atoms with Crippen LogP contribution in [0.2, 0.25) is 0 Å². The van der Waals surface area contributed by atoms with Crippen LogP contribution in [0.4, 0.5) is 5.69 Å². The first-order chi connectivity index (χ1) is 9.53. The molecular weight excluding hydrogens is 252 g/mol. The van der Waals surface area contributed by atoms with Gasteiger partial charge in [-0.2, -0.15) is 0 Å². The van der Waals surface area contributed by atoms with Gasteiger partial charge in [0.15, 0.2) is 0 Å². The number of nitrogens with zero attached hydrogens (tertiary/aromatic N) is 1. The Kier molecular flexibility index (Phi) is 2.29. The Labute approximate surface area is 118 Å². The monoisotopic (exact) mass is 272 g/mol. The number of hydrogen-bond acceptors (Lipinski definition) is 3. The van der Waals surface area contributed by atoms with Gasteiger partial charge in [0.05, 0.1) is 18.5 Å².